The molecule has 1 aliphatic rings. The van der Waals surface area contributed by atoms with Gasteiger partial charge in [-0.25, -0.2) is 0 Å². The minimum Gasteiger partial charge on any atom is -0.327 e. The molecule has 122 valence electrons. The second kappa shape index (κ2) is 7.13. The normalized spacial score (nSPS) is 21.8. The number of hydrogen-bond acceptors (Lipinski definition) is 2. The first-order chi connectivity index (χ1) is 10.3. The van der Waals surface area contributed by atoms with E-state index >= 15 is 0 Å². The Morgan fingerprint density at radius 3 is 2.64 bits per heavy atom. The summed E-state index contributed by atoms with van der Waals surface area (Å²) in [5.41, 5.74) is 6.91. The first kappa shape index (κ1) is 16.8. The number of aryl methyl sites for hydroxylation is 1. The Hall–Kier alpha value is -1.56. The average Bonchev–Trinajstić information content (AvgIpc) is 2.82. The fourth-order valence-corrected chi connectivity index (χ4v) is 2.89. The smallest absolute Gasteiger partial charge is 0.327 e. The number of benzene rings is 1. The van der Waals surface area contributed by atoms with E-state index in [9.17, 15) is 18.0 Å². The molecule has 1 aliphatic carbocycles. The van der Waals surface area contributed by atoms with Gasteiger partial charge >= 0.3 is 6.18 Å². The number of rotatable bonds is 5. The second-order valence-electron chi connectivity index (χ2n) is 5.88. The van der Waals surface area contributed by atoms with Gasteiger partial charge in [0, 0.05) is 24.6 Å². The molecule has 0 heterocycles. The molecule has 0 bridgehead atoms. The zero-order chi connectivity index (χ0) is 16.2. The third-order valence-corrected chi connectivity index (χ3v) is 4.13. The van der Waals surface area contributed by atoms with Gasteiger partial charge in [0.1, 0.15) is 0 Å². The summed E-state index contributed by atoms with van der Waals surface area (Å²) in [6, 6.07) is 6.68. The summed E-state index contributed by atoms with van der Waals surface area (Å²) in [5.74, 6) is -0.0100. The number of halogens is 3. The van der Waals surface area contributed by atoms with Crippen molar-refractivity contribution in [1.29, 1.82) is 0 Å². The number of hydrogen-bond donors (Lipinski definition) is 2. The SMILES string of the molecule is N[C@@H]1CCC[C@H]1CC(=O)Nc1ccccc1CCC(F)(F)F. The summed E-state index contributed by atoms with van der Waals surface area (Å²) in [4.78, 5) is 12.1. The van der Waals surface area contributed by atoms with Crippen LogP contribution >= 0.6 is 0 Å². The second-order valence-corrected chi connectivity index (χ2v) is 5.88. The largest absolute Gasteiger partial charge is 0.389 e. The van der Waals surface area contributed by atoms with E-state index in [1.165, 1.54) is 0 Å². The lowest BCUT2D eigenvalue weighted by molar-refractivity contribution is -0.133. The van der Waals surface area contributed by atoms with Gasteiger partial charge in [0.25, 0.3) is 0 Å². The van der Waals surface area contributed by atoms with Crippen LogP contribution in [-0.4, -0.2) is 18.1 Å². The summed E-state index contributed by atoms with van der Waals surface area (Å²) in [6.07, 6.45) is -2.01. The van der Waals surface area contributed by atoms with E-state index in [1.807, 2.05) is 0 Å². The molecule has 1 saturated carbocycles. The third kappa shape index (κ3) is 5.02. The van der Waals surface area contributed by atoms with Crippen LogP contribution < -0.4 is 11.1 Å². The highest BCUT2D eigenvalue weighted by atomic mass is 19.4. The molecular formula is C16H21F3N2O. The molecule has 0 spiro atoms. The average molecular weight is 314 g/mol. The maximum absolute atomic E-state index is 12.3. The van der Waals surface area contributed by atoms with Crippen molar-refractivity contribution in [3.8, 4) is 0 Å². The van der Waals surface area contributed by atoms with Crippen LogP contribution in [0.15, 0.2) is 24.3 Å². The molecule has 0 aliphatic heterocycles. The quantitative estimate of drug-likeness (QED) is 0.872. The first-order valence-corrected chi connectivity index (χ1v) is 7.55. The highest BCUT2D eigenvalue weighted by Gasteiger charge is 2.28. The molecule has 1 aromatic rings. The van der Waals surface area contributed by atoms with Crippen molar-refractivity contribution in [3.63, 3.8) is 0 Å². The van der Waals surface area contributed by atoms with Crippen LogP contribution in [0.2, 0.25) is 0 Å². The Morgan fingerprint density at radius 1 is 1.27 bits per heavy atom. The number of carbonyl (C=O) groups excluding carboxylic acids is 1. The lowest BCUT2D eigenvalue weighted by atomic mass is 9.99. The minimum atomic E-state index is -4.20. The summed E-state index contributed by atoms with van der Waals surface area (Å²) in [5, 5.41) is 2.73. The lowest BCUT2D eigenvalue weighted by Gasteiger charge is -2.16. The molecule has 0 saturated heterocycles. The van der Waals surface area contributed by atoms with Crippen molar-refractivity contribution in [1.82, 2.24) is 0 Å². The zero-order valence-electron chi connectivity index (χ0n) is 12.3. The number of para-hydroxylation sites is 1. The van der Waals surface area contributed by atoms with Gasteiger partial charge in [0.2, 0.25) is 5.91 Å². The van der Waals surface area contributed by atoms with Crippen molar-refractivity contribution in [2.24, 2.45) is 11.7 Å². The van der Waals surface area contributed by atoms with E-state index in [-0.39, 0.29) is 24.3 Å². The Kier molecular flexibility index (Phi) is 5.45. The highest BCUT2D eigenvalue weighted by Crippen LogP contribution is 2.28. The van der Waals surface area contributed by atoms with Gasteiger partial charge in [0.05, 0.1) is 0 Å². The number of amides is 1. The molecule has 22 heavy (non-hydrogen) atoms. The maximum Gasteiger partial charge on any atom is 0.389 e. The van der Waals surface area contributed by atoms with Crippen LogP contribution in [0.1, 0.15) is 37.7 Å². The van der Waals surface area contributed by atoms with Gasteiger partial charge in [-0.15, -0.1) is 0 Å². The van der Waals surface area contributed by atoms with Crippen LogP contribution in [0.5, 0.6) is 0 Å². The number of alkyl halides is 3. The molecule has 0 radical (unpaired) electrons. The fraction of sp³-hybridized carbons (Fsp3) is 0.562. The molecule has 1 amide bonds. The van der Waals surface area contributed by atoms with Crippen LogP contribution in [0.3, 0.4) is 0 Å². The molecular weight excluding hydrogens is 293 g/mol. The van der Waals surface area contributed by atoms with Gasteiger partial charge in [0.15, 0.2) is 0 Å². The van der Waals surface area contributed by atoms with Crippen molar-refractivity contribution in [2.45, 2.75) is 50.7 Å². The van der Waals surface area contributed by atoms with Gasteiger partial charge in [-0.2, -0.15) is 13.2 Å². The Bertz CT molecular complexity index is 516. The molecule has 3 N–H and O–H groups in total. The molecule has 2 atom stereocenters. The fourth-order valence-electron chi connectivity index (χ4n) is 2.89. The van der Waals surface area contributed by atoms with E-state index in [0.717, 1.165) is 19.3 Å². The topological polar surface area (TPSA) is 55.1 Å². The Morgan fingerprint density at radius 2 is 2.00 bits per heavy atom. The summed E-state index contributed by atoms with van der Waals surface area (Å²) in [6.45, 7) is 0. The summed E-state index contributed by atoms with van der Waals surface area (Å²) >= 11 is 0. The number of anilines is 1. The van der Waals surface area contributed by atoms with Gasteiger partial charge < -0.3 is 11.1 Å². The number of nitrogens with two attached hydrogens (primary N) is 1. The molecule has 2 rings (SSSR count). The van der Waals surface area contributed by atoms with Crippen molar-refractivity contribution in [2.75, 3.05) is 5.32 Å². The van der Waals surface area contributed by atoms with E-state index in [1.54, 1.807) is 24.3 Å². The minimum absolute atomic E-state index is 0.0474. The Labute approximate surface area is 128 Å². The third-order valence-electron chi connectivity index (χ3n) is 4.13. The highest BCUT2D eigenvalue weighted by molar-refractivity contribution is 5.91. The first-order valence-electron chi connectivity index (χ1n) is 7.55. The summed E-state index contributed by atoms with van der Waals surface area (Å²) < 4.78 is 37.0. The van der Waals surface area contributed by atoms with E-state index in [4.69, 9.17) is 5.73 Å². The van der Waals surface area contributed by atoms with Crippen molar-refractivity contribution < 1.29 is 18.0 Å². The maximum atomic E-state index is 12.3. The predicted octanol–water partition coefficient (Wildman–Crippen LogP) is 3.64. The molecule has 0 unspecified atom stereocenters. The van der Waals surface area contributed by atoms with Crippen molar-refractivity contribution in [3.05, 3.63) is 29.8 Å². The predicted molar refractivity (Wildman–Crippen MR) is 79.4 cm³/mol. The lowest BCUT2D eigenvalue weighted by Crippen LogP contribution is -2.28. The standard InChI is InChI=1S/C16H21F3N2O/c17-16(18,19)9-8-11-4-1-2-7-14(11)21-15(22)10-12-5-3-6-13(12)20/h1-2,4,7,12-13H,3,5-6,8-10,20H2,(H,21,22)/t12-,13+/m0/s1. The van der Waals surface area contributed by atoms with Crippen LogP contribution in [0.4, 0.5) is 18.9 Å². The van der Waals surface area contributed by atoms with Gasteiger partial charge in [-0.05, 0) is 36.8 Å². The van der Waals surface area contributed by atoms with Gasteiger partial charge in [-0.3, -0.25) is 4.79 Å². The van der Waals surface area contributed by atoms with Crippen LogP contribution in [0.25, 0.3) is 0 Å². The van der Waals surface area contributed by atoms with Crippen LogP contribution in [0, 0.1) is 5.92 Å². The zero-order valence-corrected chi connectivity index (χ0v) is 12.3. The molecule has 1 fully saturated rings. The van der Waals surface area contributed by atoms with Crippen molar-refractivity contribution >= 4 is 11.6 Å². The monoisotopic (exact) mass is 314 g/mol. The van der Waals surface area contributed by atoms with E-state index in [2.05, 4.69) is 5.32 Å². The molecule has 6 heteroatoms. The number of carbonyl (C=O) groups is 1. The molecule has 1 aromatic carbocycles. The van der Waals surface area contributed by atoms with E-state index < -0.39 is 12.6 Å². The van der Waals surface area contributed by atoms with E-state index in [0.29, 0.717) is 17.7 Å². The molecule has 0 aromatic heterocycles. The Balaban J connectivity index is 1.95. The molecule has 3 nitrogen and oxygen atoms in total. The number of nitrogens with one attached hydrogen (secondary N) is 1. The summed E-state index contributed by atoms with van der Waals surface area (Å²) in [7, 11) is 0. The van der Waals surface area contributed by atoms with Gasteiger partial charge in [-0.1, -0.05) is 24.6 Å². The van der Waals surface area contributed by atoms with Crippen LogP contribution in [-0.2, 0) is 11.2 Å².